The van der Waals surface area contributed by atoms with Crippen molar-refractivity contribution in [3.8, 4) is 22.5 Å². The first-order valence-corrected chi connectivity index (χ1v) is 22.2. The molecule has 0 saturated heterocycles. The van der Waals surface area contributed by atoms with Crippen LogP contribution in [0.1, 0.15) is 57.3 Å². The third kappa shape index (κ3) is 8.69. The largest absolute Gasteiger partial charge is 0.384 e. The zero-order valence-electron chi connectivity index (χ0n) is 32.7. The Hall–Kier alpha value is -5.75. The van der Waals surface area contributed by atoms with Crippen molar-refractivity contribution < 1.29 is 14.4 Å². The Bertz CT molecular complexity index is 2630. The summed E-state index contributed by atoms with van der Waals surface area (Å²) in [5.74, 6) is 0.0105. The van der Waals surface area contributed by atoms with Gasteiger partial charge in [-0.1, -0.05) is 101 Å². The van der Waals surface area contributed by atoms with Crippen molar-refractivity contribution >= 4 is 73.3 Å². The van der Waals surface area contributed by atoms with E-state index in [4.69, 9.17) is 4.98 Å². The number of nitrogens with zero attached hydrogens (tertiary/aromatic N) is 4. The fourth-order valence-electron chi connectivity index (χ4n) is 7.57. The van der Waals surface area contributed by atoms with Gasteiger partial charge in [-0.25, -0.2) is 9.97 Å². The Labute approximate surface area is 360 Å². The van der Waals surface area contributed by atoms with Gasteiger partial charge in [-0.05, 0) is 68.8 Å². The van der Waals surface area contributed by atoms with E-state index >= 15 is 0 Å². The standard InChI is InChI=1S/C19H16N2OS.C17H14BrNO2.C12H12N2S/c1-13-20-18-15-9-5-6-10-16(15)21(12-11-17(18)23-13)19(22)14-7-3-2-4-8-14;18-14-10-11-19(17(21)12-6-2-1-3-7-12)15-9-5-4-8-13(15)16(14)20;1-8-14-12-9-4-2-3-5-10(9)13-7-6-11(12)15-8/h2-10H,11-12H2,1H3;1-9,14H,10-11H2;2-5,13H,6-7H2,1H3. The predicted molar refractivity (Wildman–Crippen MR) is 245 cm³/mol. The average Bonchev–Trinajstić information content (AvgIpc) is 3.70. The lowest BCUT2D eigenvalue weighted by molar-refractivity contribution is 0.0978. The molecule has 0 spiro atoms. The van der Waals surface area contributed by atoms with Gasteiger partial charge in [0.25, 0.3) is 11.8 Å². The quantitative estimate of drug-likeness (QED) is 0.174. The maximum atomic E-state index is 13.0. The third-order valence-corrected chi connectivity index (χ3v) is 13.3. The van der Waals surface area contributed by atoms with Crippen LogP contribution in [-0.2, 0) is 12.8 Å². The van der Waals surface area contributed by atoms with Crippen LogP contribution in [0.5, 0.6) is 0 Å². The molecule has 3 aliphatic heterocycles. The number of anilines is 3. The van der Waals surface area contributed by atoms with E-state index in [1.807, 2.05) is 108 Å². The monoisotopic (exact) mass is 879 g/mol. The molecule has 5 aromatic carbocycles. The summed E-state index contributed by atoms with van der Waals surface area (Å²) in [6.07, 6.45) is 2.52. The zero-order chi connectivity index (χ0) is 40.9. The summed E-state index contributed by atoms with van der Waals surface area (Å²) >= 11 is 6.96. The number of aryl methyl sites for hydroxylation is 2. The minimum atomic E-state index is -0.243. The Balaban J connectivity index is 0.000000126. The van der Waals surface area contributed by atoms with E-state index in [-0.39, 0.29) is 22.4 Å². The summed E-state index contributed by atoms with van der Waals surface area (Å²) in [4.78, 5) is 53.4. The second kappa shape index (κ2) is 18.0. The zero-order valence-corrected chi connectivity index (χ0v) is 35.9. The Morgan fingerprint density at radius 3 is 1.71 bits per heavy atom. The highest BCUT2D eigenvalue weighted by molar-refractivity contribution is 9.10. The maximum absolute atomic E-state index is 13.0. The van der Waals surface area contributed by atoms with Crippen molar-refractivity contribution in [2.75, 3.05) is 34.8 Å². The van der Waals surface area contributed by atoms with E-state index in [0.29, 0.717) is 36.3 Å². The van der Waals surface area contributed by atoms with Crippen LogP contribution >= 0.6 is 38.6 Å². The lowest BCUT2D eigenvalue weighted by atomic mass is 10.1. The SMILES string of the molecule is Cc1nc2c(s1)CCN(C(=O)c1ccccc1)c1ccccc1-2.Cc1nc2c(s1)CCNc1ccccc1-2.O=C1c2ccccc2N(C(=O)c2ccccc2)CCC1Br. The summed E-state index contributed by atoms with van der Waals surface area (Å²) in [5.41, 5.74) is 9.31. The molecule has 11 heteroatoms. The van der Waals surface area contributed by atoms with Crippen LogP contribution in [0.3, 0.4) is 0 Å². The maximum Gasteiger partial charge on any atom is 0.258 e. The molecular weight excluding hydrogens is 839 g/mol. The van der Waals surface area contributed by atoms with Crippen LogP contribution in [0.4, 0.5) is 17.1 Å². The summed E-state index contributed by atoms with van der Waals surface area (Å²) in [7, 11) is 0. The number of fused-ring (bicyclic) bond motifs is 7. The minimum Gasteiger partial charge on any atom is -0.384 e. The minimum absolute atomic E-state index is 0.0361. The van der Waals surface area contributed by atoms with Crippen LogP contribution in [0.2, 0.25) is 0 Å². The van der Waals surface area contributed by atoms with Crippen molar-refractivity contribution in [2.45, 2.75) is 37.9 Å². The molecule has 5 heterocycles. The van der Waals surface area contributed by atoms with Crippen molar-refractivity contribution in [1.82, 2.24) is 9.97 Å². The number of carbonyl (C=O) groups excluding carboxylic acids is 3. The van der Waals surface area contributed by atoms with E-state index in [1.165, 1.54) is 26.7 Å². The fraction of sp³-hybridized carbons (Fsp3) is 0.188. The number of carbonyl (C=O) groups is 3. The molecule has 59 heavy (non-hydrogen) atoms. The number of amides is 2. The van der Waals surface area contributed by atoms with Crippen LogP contribution < -0.4 is 15.1 Å². The van der Waals surface area contributed by atoms with Gasteiger partial charge in [-0.15, -0.1) is 22.7 Å². The van der Waals surface area contributed by atoms with Crippen molar-refractivity contribution in [1.29, 1.82) is 0 Å². The van der Waals surface area contributed by atoms with Gasteiger partial charge in [0.15, 0.2) is 5.78 Å². The molecule has 0 aliphatic carbocycles. The first kappa shape index (κ1) is 40.0. The number of nitrogens with one attached hydrogen (secondary N) is 1. The van der Waals surface area contributed by atoms with Crippen molar-refractivity contribution in [3.63, 3.8) is 0 Å². The molecule has 3 aliphatic rings. The van der Waals surface area contributed by atoms with Gasteiger partial charge in [0.1, 0.15) is 0 Å². The number of Topliss-reactive ketones (excluding diaryl/α,β-unsaturated/α-hetero) is 1. The van der Waals surface area contributed by atoms with E-state index in [9.17, 15) is 14.4 Å². The normalized spacial score (nSPS) is 15.0. The van der Waals surface area contributed by atoms with Gasteiger partial charge in [0.05, 0.1) is 37.6 Å². The molecule has 1 N–H and O–H groups in total. The van der Waals surface area contributed by atoms with Gasteiger partial charge in [0.2, 0.25) is 0 Å². The molecule has 10 rings (SSSR count). The molecule has 0 fully saturated rings. The molecule has 1 atom stereocenters. The van der Waals surface area contributed by atoms with Gasteiger partial charge < -0.3 is 15.1 Å². The number of ketones is 1. The van der Waals surface area contributed by atoms with E-state index in [0.717, 1.165) is 51.9 Å². The van der Waals surface area contributed by atoms with Gasteiger partial charge in [0, 0.05) is 75.7 Å². The molecule has 7 aromatic rings. The van der Waals surface area contributed by atoms with E-state index < -0.39 is 0 Å². The summed E-state index contributed by atoms with van der Waals surface area (Å²) in [6, 6.07) is 42.4. The van der Waals surface area contributed by atoms with Crippen LogP contribution in [0, 0.1) is 13.8 Å². The molecule has 0 bridgehead atoms. The second-order valence-corrected chi connectivity index (χ2v) is 18.0. The molecule has 8 nitrogen and oxygen atoms in total. The van der Waals surface area contributed by atoms with Crippen LogP contribution in [0.15, 0.2) is 133 Å². The van der Waals surface area contributed by atoms with E-state index in [2.05, 4.69) is 63.5 Å². The lowest BCUT2D eigenvalue weighted by Gasteiger charge is -2.23. The Morgan fingerprint density at radius 2 is 1.08 bits per heavy atom. The summed E-state index contributed by atoms with van der Waals surface area (Å²) in [5, 5.41) is 5.68. The Morgan fingerprint density at radius 1 is 0.610 bits per heavy atom. The van der Waals surface area contributed by atoms with Gasteiger partial charge >= 0.3 is 0 Å². The molecule has 2 aromatic heterocycles. The number of rotatable bonds is 2. The number of hydrogen-bond donors (Lipinski definition) is 1. The van der Waals surface area contributed by atoms with Crippen LogP contribution in [-0.4, -0.2) is 52.0 Å². The third-order valence-electron chi connectivity index (χ3n) is 10.4. The van der Waals surface area contributed by atoms with Gasteiger partial charge in [-0.2, -0.15) is 0 Å². The number of hydrogen-bond acceptors (Lipinski definition) is 8. The molecule has 296 valence electrons. The summed E-state index contributed by atoms with van der Waals surface area (Å²) < 4.78 is 0. The molecule has 0 saturated carbocycles. The summed E-state index contributed by atoms with van der Waals surface area (Å²) in [6.45, 7) is 6.32. The molecule has 1 unspecified atom stereocenters. The second-order valence-electron chi connectivity index (χ2n) is 14.3. The smallest absolute Gasteiger partial charge is 0.258 e. The molecule has 2 amide bonds. The average molecular weight is 881 g/mol. The number of thiazole rings is 2. The lowest BCUT2D eigenvalue weighted by Crippen LogP contribution is -2.32. The highest BCUT2D eigenvalue weighted by atomic mass is 79.9. The first-order chi connectivity index (χ1) is 28.8. The topological polar surface area (TPSA) is 95.5 Å². The number of para-hydroxylation sites is 3. The number of aromatic nitrogens is 2. The fourth-order valence-corrected chi connectivity index (χ4v) is 9.91. The highest BCUT2D eigenvalue weighted by Crippen LogP contribution is 2.39. The highest BCUT2D eigenvalue weighted by Gasteiger charge is 2.30. The van der Waals surface area contributed by atoms with Crippen molar-refractivity contribution in [3.05, 3.63) is 170 Å². The predicted octanol–water partition coefficient (Wildman–Crippen LogP) is 11.1. The molecule has 0 radical (unpaired) electrons. The van der Waals surface area contributed by atoms with E-state index in [1.54, 1.807) is 34.4 Å². The van der Waals surface area contributed by atoms with Gasteiger partial charge in [-0.3, -0.25) is 14.4 Å². The number of alkyl halides is 1. The number of halogens is 1. The Kier molecular flexibility index (Phi) is 12.2. The van der Waals surface area contributed by atoms with Crippen molar-refractivity contribution in [2.24, 2.45) is 0 Å². The van der Waals surface area contributed by atoms with Crippen LogP contribution in [0.25, 0.3) is 22.5 Å². The first-order valence-electron chi connectivity index (χ1n) is 19.6. The number of benzene rings is 5. The molecular formula is C48H42BrN5O3S2.